The number of carbonyl (C=O) groups excluding carboxylic acids is 2. The van der Waals surface area contributed by atoms with Crippen LogP contribution in [0.2, 0.25) is 0 Å². The van der Waals surface area contributed by atoms with E-state index in [1.165, 1.54) is 14.2 Å². The number of esters is 2. The molecule has 2 aliphatic rings. The van der Waals surface area contributed by atoms with Crippen LogP contribution >= 0.6 is 0 Å². The summed E-state index contributed by atoms with van der Waals surface area (Å²) in [6.45, 7) is 0.653. The second-order valence-electron chi connectivity index (χ2n) is 8.56. The quantitative estimate of drug-likeness (QED) is 0.417. The molecule has 0 saturated carbocycles. The number of carbonyl (C=O) groups is 2. The van der Waals surface area contributed by atoms with Crippen molar-refractivity contribution < 1.29 is 28.5 Å². The highest BCUT2D eigenvalue weighted by atomic mass is 16.5. The lowest BCUT2D eigenvalue weighted by molar-refractivity contribution is -0.141. The molecule has 0 saturated heterocycles. The Bertz CT molecular complexity index is 1090. The Labute approximate surface area is 211 Å². The smallest absolute Gasteiger partial charge is 0.310 e. The van der Waals surface area contributed by atoms with Gasteiger partial charge < -0.3 is 18.9 Å². The molecule has 2 aromatic carbocycles. The molecule has 2 unspecified atom stereocenters. The third-order valence-electron chi connectivity index (χ3n) is 6.27. The van der Waals surface area contributed by atoms with Gasteiger partial charge in [-0.1, -0.05) is 85.0 Å². The van der Waals surface area contributed by atoms with Crippen molar-refractivity contribution in [2.24, 2.45) is 11.8 Å². The molecule has 2 aliphatic carbocycles. The Kier molecular flexibility index (Phi) is 8.40. The molecule has 6 heteroatoms. The number of methoxy groups -OCH3 is 2. The van der Waals surface area contributed by atoms with Crippen molar-refractivity contribution in [2.75, 3.05) is 14.2 Å². The number of fused-ring (bicyclic) bond motifs is 1. The molecule has 0 aromatic heterocycles. The van der Waals surface area contributed by atoms with Gasteiger partial charge in [-0.05, 0) is 11.1 Å². The van der Waals surface area contributed by atoms with Crippen molar-refractivity contribution in [3.63, 3.8) is 0 Å². The van der Waals surface area contributed by atoms with E-state index in [9.17, 15) is 9.59 Å². The van der Waals surface area contributed by atoms with Crippen LogP contribution in [0.3, 0.4) is 0 Å². The summed E-state index contributed by atoms with van der Waals surface area (Å²) in [6.07, 6.45) is 7.91. The highest BCUT2D eigenvalue weighted by Gasteiger charge is 2.39. The first-order chi connectivity index (χ1) is 17.6. The van der Waals surface area contributed by atoms with Crippen LogP contribution in [0, 0.1) is 11.8 Å². The fraction of sp³-hybridized carbons (Fsp3) is 0.267. The second-order valence-corrected chi connectivity index (χ2v) is 8.56. The van der Waals surface area contributed by atoms with Crippen LogP contribution in [-0.4, -0.2) is 26.2 Å². The molecule has 36 heavy (non-hydrogen) atoms. The molecule has 0 bridgehead atoms. The Morgan fingerprint density at radius 3 is 1.39 bits per heavy atom. The monoisotopic (exact) mass is 486 g/mol. The normalized spacial score (nSPS) is 18.5. The van der Waals surface area contributed by atoms with Crippen LogP contribution in [-0.2, 0) is 41.8 Å². The van der Waals surface area contributed by atoms with E-state index >= 15 is 0 Å². The van der Waals surface area contributed by atoms with E-state index in [1.807, 2.05) is 85.0 Å². The van der Waals surface area contributed by atoms with Gasteiger partial charge in [0.05, 0.1) is 27.1 Å². The maximum absolute atomic E-state index is 12.5. The van der Waals surface area contributed by atoms with Crippen molar-refractivity contribution in [1.29, 1.82) is 0 Å². The molecule has 0 N–H and O–H groups in total. The van der Waals surface area contributed by atoms with Crippen LogP contribution in [0.25, 0.3) is 0 Å². The van der Waals surface area contributed by atoms with Crippen LogP contribution in [0.4, 0.5) is 0 Å². The lowest BCUT2D eigenvalue weighted by atomic mass is 9.75. The molecule has 0 aliphatic heterocycles. The molecule has 0 amide bonds. The molecule has 2 aromatic rings. The maximum Gasteiger partial charge on any atom is 0.310 e. The first-order valence-electron chi connectivity index (χ1n) is 11.9. The van der Waals surface area contributed by atoms with Crippen molar-refractivity contribution in [2.45, 2.75) is 26.1 Å². The van der Waals surface area contributed by atoms with Gasteiger partial charge >= 0.3 is 11.9 Å². The lowest BCUT2D eigenvalue weighted by Crippen LogP contribution is -2.29. The van der Waals surface area contributed by atoms with Gasteiger partial charge in [0.25, 0.3) is 0 Å². The summed E-state index contributed by atoms with van der Waals surface area (Å²) in [5.74, 6) is 0.0476. The number of ether oxygens (including phenoxy) is 4. The predicted octanol–water partition coefficient (Wildman–Crippen LogP) is 5.43. The topological polar surface area (TPSA) is 71.1 Å². The van der Waals surface area contributed by atoms with E-state index in [0.29, 0.717) is 35.9 Å². The number of allylic oxidation sites excluding steroid dienone is 4. The van der Waals surface area contributed by atoms with E-state index in [2.05, 4.69) is 0 Å². The van der Waals surface area contributed by atoms with Crippen LogP contribution in [0.1, 0.15) is 24.0 Å². The number of benzene rings is 2. The van der Waals surface area contributed by atoms with Gasteiger partial charge in [-0.2, -0.15) is 0 Å². The molecule has 0 spiro atoms. The Morgan fingerprint density at radius 2 is 1.03 bits per heavy atom. The standard InChI is InChI=1S/C30H30O6/c1-33-27(31)17-25-26(18-28(32)34-2)30(36-20-22-13-7-4-8-14-22)24-16-10-9-15-23(24)29(25)35-19-21-11-5-3-6-12-21/h3-16,23-24H,17-20H2,1-2H3. The number of hydrogen-bond donors (Lipinski definition) is 0. The highest BCUT2D eigenvalue weighted by molar-refractivity contribution is 5.79. The average molecular weight is 487 g/mol. The second kappa shape index (κ2) is 12.1. The summed E-state index contributed by atoms with van der Waals surface area (Å²) in [7, 11) is 2.69. The number of hydrogen-bond acceptors (Lipinski definition) is 6. The Balaban J connectivity index is 1.80. The fourth-order valence-electron chi connectivity index (χ4n) is 4.47. The maximum atomic E-state index is 12.5. The summed E-state index contributed by atoms with van der Waals surface area (Å²) in [5, 5.41) is 0. The zero-order valence-electron chi connectivity index (χ0n) is 20.5. The molecule has 0 fully saturated rings. The molecular formula is C30H30O6. The summed E-state index contributed by atoms with van der Waals surface area (Å²) in [4.78, 5) is 25.0. The molecule has 186 valence electrons. The van der Waals surface area contributed by atoms with Crippen molar-refractivity contribution in [3.8, 4) is 0 Å². The Hall–Kier alpha value is -4.06. The summed E-state index contributed by atoms with van der Waals surface area (Å²) in [6, 6.07) is 19.6. The average Bonchev–Trinajstić information content (AvgIpc) is 2.93. The third kappa shape index (κ3) is 5.95. The molecule has 6 nitrogen and oxygen atoms in total. The van der Waals surface area contributed by atoms with Crippen molar-refractivity contribution in [1.82, 2.24) is 0 Å². The van der Waals surface area contributed by atoms with Gasteiger partial charge in [-0.15, -0.1) is 0 Å². The van der Waals surface area contributed by atoms with Crippen LogP contribution < -0.4 is 0 Å². The zero-order chi connectivity index (χ0) is 25.3. The van der Waals surface area contributed by atoms with E-state index < -0.39 is 11.9 Å². The van der Waals surface area contributed by atoms with Gasteiger partial charge in [0.1, 0.15) is 24.7 Å². The molecular weight excluding hydrogens is 456 g/mol. The third-order valence-corrected chi connectivity index (χ3v) is 6.27. The summed E-state index contributed by atoms with van der Waals surface area (Å²) in [5.41, 5.74) is 3.21. The molecule has 0 heterocycles. The zero-order valence-corrected chi connectivity index (χ0v) is 20.5. The minimum absolute atomic E-state index is 0.0497. The lowest BCUT2D eigenvalue weighted by Gasteiger charge is -2.36. The first-order valence-corrected chi connectivity index (χ1v) is 11.9. The minimum atomic E-state index is -0.427. The van der Waals surface area contributed by atoms with E-state index in [1.54, 1.807) is 0 Å². The van der Waals surface area contributed by atoms with Gasteiger partial charge in [-0.25, -0.2) is 0 Å². The van der Waals surface area contributed by atoms with Crippen LogP contribution in [0.15, 0.2) is 108 Å². The van der Waals surface area contributed by atoms with Crippen molar-refractivity contribution >= 4 is 11.9 Å². The van der Waals surface area contributed by atoms with E-state index in [4.69, 9.17) is 18.9 Å². The molecule has 2 atom stereocenters. The van der Waals surface area contributed by atoms with Crippen LogP contribution in [0.5, 0.6) is 0 Å². The van der Waals surface area contributed by atoms with E-state index in [-0.39, 0.29) is 24.7 Å². The van der Waals surface area contributed by atoms with Gasteiger partial charge in [0, 0.05) is 23.0 Å². The fourth-order valence-corrected chi connectivity index (χ4v) is 4.47. The molecule has 0 radical (unpaired) electrons. The van der Waals surface area contributed by atoms with E-state index in [0.717, 1.165) is 11.1 Å². The SMILES string of the molecule is COC(=O)CC1=C(OCc2ccccc2)C2C=CC=CC2C(OCc2ccccc2)=C1CC(=O)OC. The Morgan fingerprint density at radius 1 is 0.639 bits per heavy atom. The first kappa shape index (κ1) is 25.0. The highest BCUT2D eigenvalue weighted by Crippen LogP contribution is 2.45. The summed E-state index contributed by atoms with van der Waals surface area (Å²) >= 11 is 0. The van der Waals surface area contributed by atoms with Gasteiger partial charge in [-0.3, -0.25) is 9.59 Å². The van der Waals surface area contributed by atoms with Crippen molar-refractivity contribution in [3.05, 3.63) is 119 Å². The predicted molar refractivity (Wildman–Crippen MR) is 135 cm³/mol. The largest absolute Gasteiger partial charge is 0.492 e. The minimum Gasteiger partial charge on any atom is -0.492 e. The van der Waals surface area contributed by atoms with Gasteiger partial charge in [0.15, 0.2) is 0 Å². The number of rotatable bonds is 10. The summed E-state index contributed by atoms with van der Waals surface area (Å²) < 4.78 is 22.8. The van der Waals surface area contributed by atoms with Gasteiger partial charge in [0.2, 0.25) is 0 Å². The molecule has 4 rings (SSSR count).